The standard InChI is InChI=1S/C27H36N2O4/c1-20(21-10-7-6-8-11-21)13-16-29(17-14-23-12-9-15-28(23)2)27(30)22-18-24(31-3)26(33-5)25(19-22)32-4/h6-8,10-11,13,18-19,23H,9,12,14-17H2,1-5H3/b20-13+. The van der Waals surface area contributed by atoms with E-state index in [-0.39, 0.29) is 5.91 Å². The molecule has 1 heterocycles. The lowest BCUT2D eigenvalue weighted by Crippen LogP contribution is -2.36. The van der Waals surface area contributed by atoms with Crippen molar-refractivity contribution < 1.29 is 19.0 Å². The van der Waals surface area contributed by atoms with E-state index in [1.165, 1.54) is 12.8 Å². The van der Waals surface area contributed by atoms with E-state index in [9.17, 15) is 4.79 Å². The van der Waals surface area contributed by atoms with Crippen LogP contribution in [0, 0.1) is 0 Å². The van der Waals surface area contributed by atoms with Gasteiger partial charge in [0.25, 0.3) is 5.91 Å². The van der Waals surface area contributed by atoms with Crippen molar-refractivity contribution >= 4 is 11.5 Å². The SMILES string of the molecule is COc1cc(C(=O)N(C/C=C(\C)c2ccccc2)CCC2CCCN2C)cc(OC)c1OC. The molecule has 6 heteroatoms. The van der Waals surface area contributed by atoms with Gasteiger partial charge >= 0.3 is 0 Å². The van der Waals surface area contributed by atoms with Crippen LogP contribution in [0.2, 0.25) is 0 Å². The molecule has 3 rings (SSSR count). The van der Waals surface area contributed by atoms with Crippen molar-refractivity contribution in [2.75, 3.05) is 48.0 Å². The predicted molar refractivity (Wildman–Crippen MR) is 132 cm³/mol. The number of allylic oxidation sites excluding steroid dienone is 1. The number of nitrogens with zero attached hydrogens (tertiary/aromatic N) is 2. The molecule has 1 aliphatic heterocycles. The number of rotatable bonds is 10. The first kappa shape index (κ1) is 24.6. The van der Waals surface area contributed by atoms with Gasteiger partial charge in [-0.2, -0.15) is 0 Å². The number of methoxy groups -OCH3 is 3. The van der Waals surface area contributed by atoms with Crippen LogP contribution < -0.4 is 14.2 Å². The Morgan fingerprint density at radius 3 is 2.27 bits per heavy atom. The minimum atomic E-state index is -0.0491. The minimum Gasteiger partial charge on any atom is -0.493 e. The summed E-state index contributed by atoms with van der Waals surface area (Å²) < 4.78 is 16.4. The zero-order valence-electron chi connectivity index (χ0n) is 20.5. The van der Waals surface area contributed by atoms with Gasteiger partial charge < -0.3 is 24.0 Å². The fraction of sp³-hybridized carbons (Fsp3) is 0.444. The molecule has 178 valence electrons. The van der Waals surface area contributed by atoms with Crippen LogP contribution >= 0.6 is 0 Å². The third kappa shape index (κ3) is 6.08. The first-order valence-corrected chi connectivity index (χ1v) is 11.5. The van der Waals surface area contributed by atoms with E-state index in [0.717, 1.165) is 24.1 Å². The van der Waals surface area contributed by atoms with Crippen molar-refractivity contribution in [1.82, 2.24) is 9.80 Å². The van der Waals surface area contributed by atoms with E-state index in [0.29, 0.717) is 41.9 Å². The number of carbonyl (C=O) groups is 1. The summed E-state index contributed by atoms with van der Waals surface area (Å²) in [7, 11) is 6.85. The van der Waals surface area contributed by atoms with Gasteiger partial charge in [-0.15, -0.1) is 0 Å². The number of benzene rings is 2. The highest BCUT2D eigenvalue weighted by Gasteiger charge is 2.24. The van der Waals surface area contributed by atoms with E-state index in [1.54, 1.807) is 33.5 Å². The summed E-state index contributed by atoms with van der Waals surface area (Å²) in [6.45, 7) is 4.43. The highest BCUT2D eigenvalue weighted by atomic mass is 16.5. The van der Waals surface area contributed by atoms with Crippen LogP contribution in [0.4, 0.5) is 0 Å². The molecule has 1 amide bonds. The van der Waals surface area contributed by atoms with E-state index >= 15 is 0 Å². The molecule has 0 radical (unpaired) electrons. The Morgan fingerprint density at radius 1 is 1.06 bits per heavy atom. The van der Waals surface area contributed by atoms with Crippen molar-refractivity contribution in [3.63, 3.8) is 0 Å². The van der Waals surface area contributed by atoms with E-state index in [1.807, 2.05) is 23.1 Å². The molecular formula is C27H36N2O4. The maximum atomic E-state index is 13.6. The molecule has 0 spiro atoms. The van der Waals surface area contributed by atoms with Gasteiger partial charge in [0, 0.05) is 24.7 Å². The van der Waals surface area contributed by atoms with Gasteiger partial charge in [0.2, 0.25) is 5.75 Å². The maximum absolute atomic E-state index is 13.6. The molecule has 1 atom stereocenters. The van der Waals surface area contributed by atoms with Crippen LogP contribution in [0.3, 0.4) is 0 Å². The molecule has 33 heavy (non-hydrogen) atoms. The van der Waals surface area contributed by atoms with Crippen molar-refractivity contribution in [2.45, 2.75) is 32.2 Å². The summed E-state index contributed by atoms with van der Waals surface area (Å²) in [5.41, 5.74) is 2.83. The van der Waals surface area contributed by atoms with Crippen LogP contribution in [0.5, 0.6) is 17.2 Å². The number of amides is 1. The lowest BCUT2D eigenvalue weighted by atomic mass is 10.1. The zero-order chi connectivity index (χ0) is 23.8. The Kier molecular flexibility index (Phi) is 8.78. The van der Waals surface area contributed by atoms with Crippen LogP contribution in [-0.2, 0) is 0 Å². The quantitative estimate of drug-likeness (QED) is 0.521. The monoisotopic (exact) mass is 452 g/mol. The molecule has 0 aromatic heterocycles. The van der Waals surface area contributed by atoms with E-state index < -0.39 is 0 Å². The van der Waals surface area contributed by atoms with Gasteiger partial charge in [0.05, 0.1) is 21.3 Å². The fourth-order valence-electron chi connectivity index (χ4n) is 4.38. The average molecular weight is 453 g/mol. The first-order valence-electron chi connectivity index (χ1n) is 11.5. The highest BCUT2D eigenvalue weighted by molar-refractivity contribution is 5.96. The second-order valence-electron chi connectivity index (χ2n) is 8.48. The summed E-state index contributed by atoms with van der Waals surface area (Å²) in [4.78, 5) is 18.0. The highest BCUT2D eigenvalue weighted by Crippen LogP contribution is 2.38. The van der Waals surface area contributed by atoms with Crippen molar-refractivity contribution in [2.24, 2.45) is 0 Å². The van der Waals surface area contributed by atoms with Gasteiger partial charge in [0.15, 0.2) is 11.5 Å². The summed E-state index contributed by atoms with van der Waals surface area (Å²) in [5, 5.41) is 0. The summed E-state index contributed by atoms with van der Waals surface area (Å²) in [6.07, 6.45) is 5.48. The average Bonchev–Trinajstić information content (AvgIpc) is 3.27. The smallest absolute Gasteiger partial charge is 0.254 e. The van der Waals surface area contributed by atoms with Gasteiger partial charge in [-0.25, -0.2) is 0 Å². The summed E-state index contributed by atoms with van der Waals surface area (Å²) in [6, 6.07) is 14.2. The van der Waals surface area contributed by atoms with Gasteiger partial charge in [-0.3, -0.25) is 4.79 Å². The van der Waals surface area contributed by atoms with E-state index in [2.05, 4.69) is 37.1 Å². The minimum absolute atomic E-state index is 0.0491. The summed E-state index contributed by atoms with van der Waals surface area (Å²) >= 11 is 0. The molecule has 1 unspecified atom stereocenters. The number of likely N-dealkylation sites (tertiary alicyclic amines) is 1. The Hall–Kier alpha value is -2.99. The molecule has 0 saturated carbocycles. The molecular weight excluding hydrogens is 416 g/mol. The second kappa shape index (κ2) is 11.8. The summed E-state index contributed by atoms with van der Waals surface area (Å²) in [5.74, 6) is 1.39. The van der Waals surface area contributed by atoms with Crippen molar-refractivity contribution in [1.29, 1.82) is 0 Å². The normalized spacial score (nSPS) is 16.5. The van der Waals surface area contributed by atoms with E-state index in [4.69, 9.17) is 14.2 Å². The lowest BCUT2D eigenvalue weighted by Gasteiger charge is -2.26. The maximum Gasteiger partial charge on any atom is 0.254 e. The van der Waals surface area contributed by atoms with Crippen LogP contribution in [0.15, 0.2) is 48.5 Å². The Balaban J connectivity index is 1.86. The Bertz CT molecular complexity index is 933. The molecule has 1 fully saturated rings. The van der Waals surface area contributed by atoms with Crippen molar-refractivity contribution in [3.05, 3.63) is 59.7 Å². The van der Waals surface area contributed by atoms with Crippen LogP contribution in [0.25, 0.3) is 5.57 Å². The molecule has 2 aromatic rings. The third-order valence-electron chi connectivity index (χ3n) is 6.45. The fourth-order valence-corrected chi connectivity index (χ4v) is 4.38. The topological polar surface area (TPSA) is 51.2 Å². The van der Waals surface area contributed by atoms with Crippen LogP contribution in [-0.4, -0.2) is 69.8 Å². The number of hydrogen-bond donors (Lipinski definition) is 0. The molecule has 0 N–H and O–H groups in total. The largest absolute Gasteiger partial charge is 0.493 e. The molecule has 6 nitrogen and oxygen atoms in total. The number of carbonyl (C=O) groups excluding carboxylic acids is 1. The number of hydrogen-bond acceptors (Lipinski definition) is 5. The Morgan fingerprint density at radius 2 is 1.73 bits per heavy atom. The number of ether oxygens (including phenoxy) is 3. The zero-order valence-corrected chi connectivity index (χ0v) is 20.5. The molecule has 1 saturated heterocycles. The molecule has 1 aliphatic rings. The van der Waals surface area contributed by atoms with Crippen molar-refractivity contribution in [3.8, 4) is 17.2 Å². The lowest BCUT2D eigenvalue weighted by molar-refractivity contribution is 0.0761. The van der Waals surface area contributed by atoms with Gasteiger partial charge in [-0.05, 0) is 63.0 Å². The first-order chi connectivity index (χ1) is 16.0. The molecule has 0 bridgehead atoms. The van der Waals surface area contributed by atoms with Gasteiger partial charge in [-0.1, -0.05) is 36.4 Å². The predicted octanol–water partition coefficient (Wildman–Crippen LogP) is 4.74. The third-order valence-corrected chi connectivity index (χ3v) is 6.45. The molecule has 2 aromatic carbocycles. The van der Waals surface area contributed by atoms with Crippen LogP contribution in [0.1, 0.15) is 42.1 Å². The Labute approximate surface area is 197 Å². The van der Waals surface area contributed by atoms with Gasteiger partial charge in [0.1, 0.15) is 0 Å². The molecule has 0 aliphatic carbocycles. The second-order valence-corrected chi connectivity index (χ2v) is 8.48.